The van der Waals surface area contributed by atoms with Gasteiger partial charge in [0, 0.05) is 0 Å². The molecule has 0 saturated heterocycles. The summed E-state index contributed by atoms with van der Waals surface area (Å²) in [5.74, 6) is 1.06. The predicted octanol–water partition coefficient (Wildman–Crippen LogP) is 1.57. The van der Waals surface area contributed by atoms with Crippen LogP contribution in [0.4, 0.5) is 0 Å². The molecule has 0 saturated carbocycles. The fraction of sp³-hybridized carbons (Fsp3) is 0.250. The van der Waals surface area contributed by atoms with Gasteiger partial charge in [-0.05, 0) is 35.9 Å². The van der Waals surface area contributed by atoms with Crippen molar-refractivity contribution in [2.75, 3.05) is 5.75 Å². The molecule has 0 fully saturated rings. The summed E-state index contributed by atoms with van der Waals surface area (Å²) in [6, 6.07) is 4.48. The van der Waals surface area contributed by atoms with Gasteiger partial charge in [0.05, 0.1) is 0 Å². The lowest BCUT2D eigenvalue weighted by molar-refractivity contribution is 0.455. The topological polar surface area (TPSA) is 40.5 Å². The number of phenolic OH excluding ortho intramolecular Hbond substituents is 2. The number of aromatic hydroxyl groups is 2. The Morgan fingerprint density at radius 1 is 1.27 bits per heavy atom. The number of phenols is 2. The zero-order valence-corrected chi connectivity index (χ0v) is 6.88. The van der Waals surface area contributed by atoms with E-state index < -0.39 is 0 Å². The van der Waals surface area contributed by atoms with E-state index in [4.69, 9.17) is 5.11 Å². The van der Waals surface area contributed by atoms with Gasteiger partial charge >= 0.3 is 0 Å². The van der Waals surface area contributed by atoms with Crippen LogP contribution in [0.2, 0.25) is 0 Å². The number of rotatable bonds is 2. The quantitative estimate of drug-likeness (QED) is 0.466. The molecule has 11 heavy (non-hydrogen) atoms. The van der Waals surface area contributed by atoms with E-state index in [9.17, 15) is 5.11 Å². The molecule has 0 amide bonds. The van der Waals surface area contributed by atoms with Crippen LogP contribution < -0.4 is 0 Å². The molecule has 2 N–H and O–H groups in total. The molecule has 0 bridgehead atoms. The van der Waals surface area contributed by atoms with Crippen LogP contribution in [-0.2, 0) is 6.42 Å². The van der Waals surface area contributed by atoms with Gasteiger partial charge in [0.1, 0.15) is 11.5 Å². The Kier molecular flexibility index (Phi) is 2.65. The van der Waals surface area contributed by atoms with E-state index in [-0.39, 0.29) is 11.5 Å². The second-order valence-corrected chi connectivity index (χ2v) is 2.73. The van der Waals surface area contributed by atoms with Crippen molar-refractivity contribution in [2.45, 2.75) is 6.42 Å². The minimum Gasteiger partial charge on any atom is -0.508 e. The van der Waals surface area contributed by atoms with E-state index in [2.05, 4.69) is 12.6 Å². The molecule has 0 heterocycles. The fourth-order valence-corrected chi connectivity index (χ4v) is 1.13. The van der Waals surface area contributed by atoms with Crippen LogP contribution in [0, 0.1) is 0 Å². The summed E-state index contributed by atoms with van der Waals surface area (Å²) in [5.41, 5.74) is 0.736. The highest BCUT2D eigenvalue weighted by Crippen LogP contribution is 2.22. The molecule has 0 aliphatic carbocycles. The Balaban J connectivity index is 2.93. The average molecular weight is 170 g/mol. The maximum absolute atomic E-state index is 9.22. The van der Waals surface area contributed by atoms with Crippen molar-refractivity contribution < 1.29 is 10.2 Å². The van der Waals surface area contributed by atoms with Crippen LogP contribution in [0.1, 0.15) is 5.56 Å². The number of hydrogen-bond acceptors (Lipinski definition) is 3. The van der Waals surface area contributed by atoms with Crippen molar-refractivity contribution in [3.63, 3.8) is 0 Å². The van der Waals surface area contributed by atoms with Crippen LogP contribution in [0.5, 0.6) is 11.5 Å². The van der Waals surface area contributed by atoms with Crippen molar-refractivity contribution in [3.8, 4) is 11.5 Å². The van der Waals surface area contributed by atoms with Crippen LogP contribution in [-0.4, -0.2) is 16.0 Å². The molecule has 2 nitrogen and oxygen atoms in total. The zero-order chi connectivity index (χ0) is 8.27. The minimum atomic E-state index is 0.180. The van der Waals surface area contributed by atoms with E-state index in [0.717, 1.165) is 5.56 Å². The Labute approximate surface area is 70.9 Å². The molecule has 1 aromatic rings. The summed E-state index contributed by atoms with van der Waals surface area (Å²) in [7, 11) is 0. The highest BCUT2D eigenvalue weighted by Gasteiger charge is 1.99. The monoisotopic (exact) mass is 170 g/mol. The summed E-state index contributed by atoms with van der Waals surface area (Å²) in [4.78, 5) is 0. The van der Waals surface area contributed by atoms with Crippen molar-refractivity contribution in [2.24, 2.45) is 0 Å². The first-order chi connectivity index (χ1) is 5.24. The second kappa shape index (κ2) is 3.53. The van der Waals surface area contributed by atoms with Gasteiger partial charge in [0.15, 0.2) is 0 Å². The molecular weight excluding hydrogens is 160 g/mol. The minimum absolute atomic E-state index is 0.180. The van der Waals surface area contributed by atoms with E-state index in [1.807, 2.05) is 0 Å². The Bertz CT molecular complexity index is 248. The Morgan fingerprint density at radius 3 is 2.64 bits per heavy atom. The molecule has 3 heteroatoms. The highest BCUT2D eigenvalue weighted by molar-refractivity contribution is 7.80. The standard InChI is InChI=1S/C8H10O2S/c9-7-1-2-8(10)6(5-7)3-4-11/h1-2,5,9-11H,3-4H2. The van der Waals surface area contributed by atoms with Gasteiger partial charge in [-0.15, -0.1) is 0 Å². The molecule has 0 radical (unpaired) electrons. The molecule has 0 atom stereocenters. The maximum atomic E-state index is 9.22. The Hall–Kier alpha value is -0.830. The number of hydrogen-bond donors (Lipinski definition) is 3. The number of benzene rings is 1. The van der Waals surface area contributed by atoms with Crippen molar-refractivity contribution in [3.05, 3.63) is 23.8 Å². The highest BCUT2D eigenvalue weighted by atomic mass is 32.1. The van der Waals surface area contributed by atoms with Crippen LogP contribution in [0.15, 0.2) is 18.2 Å². The van der Waals surface area contributed by atoms with Gasteiger partial charge in [-0.1, -0.05) is 0 Å². The zero-order valence-electron chi connectivity index (χ0n) is 5.99. The van der Waals surface area contributed by atoms with E-state index in [0.29, 0.717) is 12.2 Å². The largest absolute Gasteiger partial charge is 0.508 e. The molecule has 0 spiro atoms. The van der Waals surface area contributed by atoms with Gasteiger partial charge in [0.25, 0.3) is 0 Å². The molecule has 0 aliphatic rings. The SMILES string of the molecule is Oc1ccc(O)c(CCS)c1. The van der Waals surface area contributed by atoms with Gasteiger partial charge in [-0.2, -0.15) is 12.6 Å². The molecule has 0 aliphatic heterocycles. The van der Waals surface area contributed by atoms with Gasteiger partial charge in [-0.3, -0.25) is 0 Å². The second-order valence-electron chi connectivity index (χ2n) is 2.29. The van der Waals surface area contributed by atoms with E-state index in [1.54, 1.807) is 6.07 Å². The van der Waals surface area contributed by atoms with Crippen molar-refractivity contribution in [1.29, 1.82) is 0 Å². The number of thiol groups is 1. The third-order valence-corrected chi connectivity index (χ3v) is 1.67. The van der Waals surface area contributed by atoms with Crippen LogP contribution in [0.25, 0.3) is 0 Å². The van der Waals surface area contributed by atoms with Crippen molar-refractivity contribution >= 4 is 12.6 Å². The van der Waals surface area contributed by atoms with Crippen LogP contribution >= 0.6 is 12.6 Å². The van der Waals surface area contributed by atoms with Gasteiger partial charge < -0.3 is 10.2 Å². The fourth-order valence-electron chi connectivity index (χ4n) is 0.893. The summed E-state index contributed by atoms with van der Waals surface area (Å²) in [5, 5.41) is 18.2. The van der Waals surface area contributed by atoms with E-state index >= 15 is 0 Å². The van der Waals surface area contributed by atoms with Crippen molar-refractivity contribution in [1.82, 2.24) is 0 Å². The predicted molar refractivity (Wildman–Crippen MR) is 47.3 cm³/mol. The van der Waals surface area contributed by atoms with Crippen LogP contribution in [0.3, 0.4) is 0 Å². The first kappa shape index (κ1) is 8.27. The van der Waals surface area contributed by atoms with Gasteiger partial charge in [-0.25, -0.2) is 0 Å². The average Bonchev–Trinajstić information content (AvgIpc) is 1.98. The lowest BCUT2D eigenvalue weighted by Gasteiger charge is -2.01. The first-order valence-electron chi connectivity index (χ1n) is 3.36. The summed E-state index contributed by atoms with van der Waals surface area (Å²) in [6.45, 7) is 0. The molecule has 0 unspecified atom stereocenters. The maximum Gasteiger partial charge on any atom is 0.119 e. The van der Waals surface area contributed by atoms with Gasteiger partial charge in [0.2, 0.25) is 0 Å². The third kappa shape index (κ3) is 2.05. The molecule has 60 valence electrons. The molecule has 1 rings (SSSR count). The number of aryl methyl sites for hydroxylation is 1. The third-order valence-electron chi connectivity index (χ3n) is 1.44. The Morgan fingerprint density at radius 2 is 2.00 bits per heavy atom. The first-order valence-corrected chi connectivity index (χ1v) is 3.99. The summed E-state index contributed by atoms with van der Waals surface area (Å²) >= 11 is 4.02. The normalized spacial score (nSPS) is 9.91. The smallest absolute Gasteiger partial charge is 0.119 e. The molecular formula is C8H10O2S. The molecule has 1 aromatic carbocycles. The molecule has 0 aromatic heterocycles. The summed E-state index contributed by atoms with van der Waals surface area (Å²) < 4.78 is 0. The lowest BCUT2D eigenvalue weighted by atomic mass is 10.1. The lowest BCUT2D eigenvalue weighted by Crippen LogP contribution is -1.85. The summed E-state index contributed by atoms with van der Waals surface area (Å²) in [6.07, 6.45) is 0.670. The van der Waals surface area contributed by atoms with E-state index in [1.165, 1.54) is 12.1 Å².